The number of nitrogens with one attached hydrogen (secondary N) is 1. The predicted molar refractivity (Wildman–Crippen MR) is 61.7 cm³/mol. The average Bonchev–Trinajstić information content (AvgIpc) is 2.23. The van der Waals surface area contributed by atoms with Crippen LogP contribution in [0, 0.1) is 6.92 Å². The maximum atomic E-state index is 6.09. The summed E-state index contributed by atoms with van der Waals surface area (Å²) in [5.41, 5.74) is 3.74. The summed E-state index contributed by atoms with van der Waals surface area (Å²) in [6.07, 6.45) is 3.40. The molecule has 2 heteroatoms. The van der Waals surface area contributed by atoms with E-state index in [0.29, 0.717) is 0 Å². The van der Waals surface area contributed by atoms with E-state index in [1.807, 2.05) is 6.92 Å². The molecule has 0 aliphatic carbocycles. The zero-order chi connectivity index (χ0) is 9.97. The highest BCUT2D eigenvalue weighted by molar-refractivity contribution is 6.31. The third-order valence-electron chi connectivity index (χ3n) is 2.57. The molecule has 1 aromatic carbocycles. The monoisotopic (exact) mass is 207 g/mol. The summed E-state index contributed by atoms with van der Waals surface area (Å²) in [5, 5.41) is 4.21. The first-order valence-corrected chi connectivity index (χ1v) is 5.31. The Bertz CT molecular complexity index is 369. The summed E-state index contributed by atoms with van der Waals surface area (Å²) >= 11 is 6.09. The second-order valence-corrected chi connectivity index (χ2v) is 4.07. The van der Waals surface area contributed by atoms with Crippen LogP contribution in [0.15, 0.2) is 24.3 Å². The minimum absolute atomic E-state index is 0.856. The molecule has 0 atom stereocenters. The van der Waals surface area contributed by atoms with E-state index in [9.17, 15) is 0 Å². The summed E-state index contributed by atoms with van der Waals surface area (Å²) in [7, 11) is 0. The maximum absolute atomic E-state index is 6.09. The van der Waals surface area contributed by atoms with E-state index in [-0.39, 0.29) is 0 Å². The van der Waals surface area contributed by atoms with Crippen molar-refractivity contribution in [2.24, 2.45) is 0 Å². The van der Waals surface area contributed by atoms with Crippen molar-refractivity contribution >= 4 is 17.2 Å². The zero-order valence-electron chi connectivity index (χ0n) is 8.31. The van der Waals surface area contributed by atoms with Crippen molar-refractivity contribution in [2.45, 2.75) is 13.3 Å². The topological polar surface area (TPSA) is 12.0 Å². The minimum Gasteiger partial charge on any atom is -0.312 e. The van der Waals surface area contributed by atoms with Crippen LogP contribution in [0.4, 0.5) is 0 Å². The first-order valence-electron chi connectivity index (χ1n) is 4.93. The van der Waals surface area contributed by atoms with E-state index in [1.54, 1.807) is 0 Å². The van der Waals surface area contributed by atoms with Crippen LogP contribution in [0.5, 0.6) is 0 Å². The van der Waals surface area contributed by atoms with Gasteiger partial charge in [0.25, 0.3) is 0 Å². The lowest BCUT2D eigenvalue weighted by molar-refractivity contribution is 0.739. The normalized spacial score (nSPS) is 16.6. The van der Waals surface area contributed by atoms with E-state index in [1.165, 1.54) is 11.1 Å². The predicted octanol–water partition coefficient (Wildman–Crippen LogP) is 3.03. The Hall–Kier alpha value is -0.790. The quantitative estimate of drug-likeness (QED) is 0.747. The number of benzene rings is 1. The minimum atomic E-state index is 0.856. The molecule has 0 unspecified atom stereocenters. The fourth-order valence-electron chi connectivity index (χ4n) is 1.66. The lowest BCUT2D eigenvalue weighted by Crippen LogP contribution is -2.21. The SMILES string of the molecule is Cc1ccc(C2=CCCNC2)cc1Cl. The molecule has 0 saturated carbocycles. The smallest absolute Gasteiger partial charge is 0.0441 e. The molecule has 0 spiro atoms. The standard InChI is InChI=1S/C12H14ClN/c1-9-4-5-10(7-12(9)13)11-3-2-6-14-8-11/h3-5,7,14H,2,6,8H2,1H3. The van der Waals surface area contributed by atoms with Crippen molar-refractivity contribution in [1.82, 2.24) is 5.32 Å². The number of hydrogen-bond donors (Lipinski definition) is 1. The van der Waals surface area contributed by atoms with Crippen molar-refractivity contribution in [3.05, 3.63) is 40.4 Å². The molecule has 1 nitrogen and oxygen atoms in total. The molecule has 1 aromatic rings. The van der Waals surface area contributed by atoms with Crippen LogP contribution < -0.4 is 5.32 Å². The summed E-state index contributed by atoms with van der Waals surface area (Å²) in [6, 6.07) is 6.27. The Morgan fingerprint density at radius 3 is 2.86 bits per heavy atom. The van der Waals surface area contributed by atoms with Crippen molar-refractivity contribution in [3.8, 4) is 0 Å². The van der Waals surface area contributed by atoms with Gasteiger partial charge in [-0.3, -0.25) is 0 Å². The summed E-state index contributed by atoms with van der Waals surface area (Å²) in [6.45, 7) is 4.07. The molecule has 0 bridgehead atoms. The molecule has 74 valence electrons. The van der Waals surface area contributed by atoms with Gasteiger partial charge in [0.05, 0.1) is 0 Å². The lowest BCUT2D eigenvalue weighted by atomic mass is 10.0. The number of aryl methyl sites for hydroxylation is 1. The molecule has 0 amide bonds. The number of rotatable bonds is 1. The van der Waals surface area contributed by atoms with Crippen LogP contribution >= 0.6 is 11.6 Å². The van der Waals surface area contributed by atoms with Gasteiger partial charge in [0.1, 0.15) is 0 Å². The zero-order valence-corrected chi connectivity index (χ0v) is 9.06. The van der Waals surface area contributed by atoms with Gasteiger partial charge >= 0.3 is 0 Å². The van der Waals surface area contributed by atoms with Gasteiger partial charge in [0, 0.05) is 11.6 Å². The van der Waals surface area contributed by atoms with Crippen LogP contribution in [-0.2, 0) is 0 Å². The van der Waals surface area contributed by atoms with Gasteiger partial charge in [-0.1, -0.05) is 29.8 Å². The van der Waals surface area contributed by atoms with Crippen LogP contribution in [0.3, 0.4) is 0 Å². The average molecular weight is 208 g/mol. The van der Waals surface area contributed by atoms with E-state index in [2.05, 4.69) is 29.6 Å². The largest absolute Gasteiger partial charge is 0.312 e. The summed E-state index contributed by atoms with van der Waals surface area (Å²) in [5.74, 6) is 0. The molecule has 0 radical (unpaired) electrons. The third-order valence-corrected chi connectivity index (χ3v) is 2.98. The highest BCUT2D eigenvalue weighted by Gasteiger charge is 2.06. The number of halogens is 1. The van der Waals surface area contributed by atoms with E-state index < -0.39 is 0 Å². The Morgan fingerprint density at radius 2 is 2.21 bits per heavy atom. The Morgan fingerprint density at radius 1 is 1.36 bits per heavy atom. The third kappa shape index (κ3) is 1.99. The highest BCUT2D eigenvalue weighted by atomic mass is 35.5. The molecular weight excluding hydrogens is 194 g/mol. The molecule has 1 heterocycles. The van der Waals surface area contributed by atoms with Gasteiger partial charge in [-0.15, -0.1) is 0 Å². The summed E-state index contributed by atoms with van der Waals surface area (Å²) < 4.78 is 0. The Balaban J connectivity index is 2.32. The van der Waals surface area contributed by atoms with Crippen molar-refractivity contribution in [1.29, 1.82) is 0 Å². The second kappa shape index (κ2) is 4.16. The highest BCUT2D eigenvalue weighted by Crippen LogP contribution is 2.23. The molecule has 0 fully saturated rings. The van der Waals surface area contributed by atoms with E-state index in [0.717, 1.165) is 30.1 Å². The van der Waals surface area contributed by atoms with Crippen LogP contribution in [-0.4, -0.2) is 13.1 Å². The lowest BCUT2D eigenvalue weighted by Gasteiger charge is -2.15. The van der Waals surface area contributed by atoms with Crippen LogP contribution in [0.2, 0.25) is 5.02 Å². The Labute approximate surface area is 89.8 Å². The van der Waals surface area contributed by atoms with Crippen LogP contribution in [0.1, 0.15) is 17.5 Å². The van der Waals surface area contributed by atoms with Gasteiger partial charge in [0.2, 0.25) is 0 Å². The molecule has 2 rings (SSSR count). The second-order valence-electron chi connectivity index (χ2n) is 3.66. The molecule has 14 heavy (non-hydrogen) atoms. The number of hydrogen-bond acceptors (Lipinski definition) is 1. The van der Waals surface area contributed by atoms with Gasteiger partial charge in [-0.25, -0.2) is 0 Å². The van der Waals surface area contributed by atoms with Gasteiger partial charge in [-0.2, -0.15) is 0 Å². The molecule has 1 N–H and O–H groups in total. The first kappa shape index (κ1) is 9.75. The first-order chi connectivity index (χ1) is 6.77. The van der Waals surface area contributed by atoms with Crippen LogP contribution in [0.25, 0.3) is 5.57 Å². The molecule has 1 aliphatic rings. The van der Waals surface area contributed by atoms with Gasteiger partial charge in [-0.05, 0) is 42.7 Å². The maximum Gasteiger partial charge on any atom is 0.0441 e. The molecule has 1 aliphatic heterocycles. The van der Waals surface area contributed by atoms with Crippen molar-refractivity contribution in [2.75, 3.05) is 13.1 Å². The molecule has 0 aromatic heterocycles. The fourth-order valence-corrected chi connectivity index (χ4v) is 1.84. The van der Waals surface area contributed by atoms with Gasteiger partial charge in [0.15, 0.2) is 0 Å². The van der Waals surface area contributed by atoms with Crippen molar-refractivity contribution in [3.63, 3.8) is 0 Å². The van der Waals surface area contributed by atoms with Crippen molar-refractivity contribution < 1.29 is 0 Å². The summed E-state index contributed by atoms with van der Waals surface area (Å²) in [4.78, 5) is 0. The Kier molecular flexibility index (Phi) is 2.90. The van der Waals surface area contributed by atoms with E-state index in [4.69, 9.17) is 11.6 Å². The molecule has 0 saturated heterocycles. The van der Waals surface area contributed by atoms with E-state index >= 15 is 0 Å². The van der Waals surface area contributed by atoms with Gasteiger partial charge < -0.3 is 5.32 Å². The molecular formula is C12H14ClN. The fraction of sp³-hybridized carbons (Fsp3) is 0.333.